The minimum atomic E-state index is -0.647. The molecule has 2 aromatic rings. The lowest BCUT2D eigenvalue weighted by Gasteiger charge is -2.52. The number of nitrogens with one attached hydrogen (secondary N) is 1. The summed E-state index contributed by atoms with van der Waals surface area (Å²) in [6, 6.07) is 6.07. The molecule has 2 N–H and O–H groups in total. The zero-order valence-corrected chi connectivity index (χ0v) is 23.7. The number of hydrogen-bond acceptors (Lipinski definition) is 6. The molecule has 0 spiro atoms. The number of carbonyl (C=O) groups is 1. The summed E-state index contributed by atoms with van der Waals surface area (Å²) in [7, 11) is 0. The number of aliphatic carboxylic acids is 1. The molecule has 9 heteroatoms. The van der Waals surface area contributed by atoms with E-state index in [1.807, 2.05) is 19.1 Å². The molecule has 0 bridgehead atoms. The second-order valence-corrected chi connectivity index (χ2v) is 13.0. The summed E-state index contributed by atoms with van der Waals surface area (Å²) in [5.74, 6) is 2.42. The Morgan fingerprint density at radius 3 is 2.66 bits per heavy atom. The molecule has 2 saturated heterocycles. The SMILES string of the molecule is CC(Nc1nc(N2CC(C3CCCN(C4CC(C)(C(=O)O)C4)C3)C2)nc2c1CCC2)c1ccc(Cl)cc1Cl. The van der Waals surface area contributed by atoms with E-state index in [0.29, 0.717) is 27.9 Å². The summed E-state index contributed by atoms with van der Waals surface area (Å²) in [5.41, 5.74) is 2.88. The van der Waals surface area contributed by atoms with Crippen LogP contribution in [0.4, 0.5) is 11.8 Å². The third kappa shape index (κ3) is 4.86. The van der Waals surface area contributed by atoms with Crippen molar-refractivity contribution in [2.75, 3.05) is 36.4 Å². The Kier molecular flexibility index (Phi) is 6.98. The van der Waals surface area contributed by atoms with Crippen molar-refractivity contribution in [1.82, 2.24) is 14.9 Å². The quantitative estimate of drug-likeness (QED) is 0.442. The minimum absolute atomic E-state index is 0.000864. The van der Waals surface area contributed by atoms with Crippen molar-refractivity contribution < 1.29 is 9.90 Å². The Morgan fingerprint density at radius 2 is 1.92 bits per heavy atom. The maximum Gasteiger partial charge on any atom is 0.309 e. The average Bonchev–Trinajstić information content (AvgIpc) is 3.30. The number of rotatable bonds is 7. The molecule has 2 atom stereocenters. The van der Waals surface area contributed by atoms with E-state index in [1.54, 1.807) is 6.07 Å². The first-order chi connectivity index (χ1) is 18.2. The van der Waals surface area contributed by atoms with Crippen LogP contribution in [0.2, 0.25) is 10.0 Å². The largest absolute Gasteiger partial charge is 0.481 e. The summed E-state index contributed by atoms with van der Waals surface area (Å²) in [6.07, 6.45) is 7.14. The zero-order valence-electron chi connectivity index (χ0n) is 22.2. The average molecular weight is 559 g/mol. The Labute approximate surface area is 234 Å². The highest BCUT2D eigenvalue weighted by molar-refractivity contribution is 6.35. The molecule has 1 aromatic heterocycles. The van der Waals surface area contributed by atoms with Crippen molar-refractivity contribution in [2.24, 2.45) is 17.3 Å². The molecule has 38 heavy (non-hydrogen) atoms. The van der Waals surface area contributed by atoms with Gasteiger partial charge < -0.3 is 20.2 Å². The van der Waals surface area contributed by atoms with Crippen LogP contribution in [-0.4, -0.2) is 58.2 Å². The zero-order chi connectivity index (χ0) is 26.6. The molecule has 1 saturated carbocycles. The van der Waals surface area contributed by atoms with E-state index in [4.69, 9.17) is 33.2 Å². The molecule has 6 rings (SSSR count). The molecule has 0 radical (unpaired) electrons. The fourth-order valence-electron chi connectivity index (χ4n) is 6.96. The van der Waals surface area contributed by atoms with Crippen LogP contribution in [0.3, 0.4) is 0 Å². The van der Waals surface area contributed by atoms with Gasteiger partial charge in [0.1, 0.15) is 5.82 Å². The van der Waals surface area contributed by atoms with Crippen LogP contribution in [-0.2, 0) is 17.6 Å². The van der Waals surface area contributed by atoms with Gasteiger partial charge in [0.2, 0.25) is 5.95 Å². The molecule has 2 aliphatic heterocycles. The highest BCUT2D eigenvalue weighted by Gasteiger charge is 2.49. The normalized spacial score (nSPS) is 28.4. The van der Waals surface area contributed by atoms with Gasteiger partial charge in [-0.3, -0.25) is 4.79 Å². The lowest BCUT2D eigenvalue weighted by atomic mass is 9.65. The number of halogens is 2. The van der Waals surface area contributed by atoms with Gasteiger partial charge in [0.15, 0.2) is 0 Å². The number of carboxylic acid groups (broad SMARTS) is 1. The van der Waals surface area contributed by atoms with Crippen LogP contribution in [0.5, 0.6) is 0 Å². The minimum Gasteiger partial charge on any atom is -0.481 e. The highest BCUT2D eigenvalue weighted by atomic mass is 35.5. The van der Waals surface area contributed by atoms with Crippen molar-refractivity contribution in [3.8, 4) is 0 Å². The Hall–Kier alpha value is -2.09. The van der Waals surface area contributed by atoms with Gasteiger partial charge in [-0.25, -0.2) is 4.98 Å². The molecule has 4 aliphatic rings. The third-order valence-corrected chi connectivity index (χ3v) is 10.0. The van der Waals surface area contributed by atoms with Gasteiger partial charge in [-0.05, 0) is 94.9 Å². The second-order valence-electron chi connectivity index (χ2n) is 12.2. The fraction of sp³-hybridized carbons (Fsp3) is 0.621. The van der Waals surface area contributed by atoms with E-state index in [2.05, 4.69) is 22.0 Å². The monoisotopic (exact) mass is 557 g/mol. The van der Waals surface area contributed by atoms with E-state index in [9.17, 15) is 9.90 Å². The van der Waals surface area contributed by atoms with Gasteiger partial charge in [0, 0.05) is 41.3 Å². The summed E-state index contributed by atoms with van der Waals surface area (Å²) in [5, 5.41) is 14.4. The second kappa shape index (κ2) is 10.1. The summed E-state index contributed by atoms with van der Waals surface area (Å²) >= 11 is 12.6. The third-order valence-electron chi connectivity index (χ3n) is 9.46. The molecule has 2 unspecified atom stereocenters. The lowest BCUT2D eigenvalue weighted by molar-refractivity contribution is -0.158. The molecular weight excluding hydrogens is 521 g/mol. The van der Waals surface area contributed by atoms with Crippen LogP contribution >= 0.6 is 23.2 Å². The number of piperidine rings is 1. The summed E-state index contributed by atoms with van der Waals surface area (Å²) < 4.78 is 0. The maximum absolute atomic E-state index is 11.5. The fourth-order valence-corrected chi connectivity index (χ4v) is 7.53. The number of carboxylic acids is 1. The number of aromatic nitrogens is 2. The van der Waals surface area contributed by atoms with Gasteiger partial charge in [0.05, 0.1) is 17.2 Å². The number of likely N-dealkylation sites (tertiary alicyclic amines) is 1. The molecular formula is C29H37Cl2N5O2. The Balaban J connectivity index is 1.10. The van der Waals surface area contributed by atoms with Crippen LogP contribution < -0.4 is 10.2 Å². The highest BCUT2D eigenvalue weighted by Crippen LogP contribution is 2.45. The van der Waals surface area contributed by atoms with Gasteiger partial charge >= 0.3 is 5.97 Å². The van der Waals surface area contributed by atoms with Crippen LogP contribution in [0.1, 0.15) is 68.8 Å². The molecule has 1 aromatic carbocycles. The molecule has 3 heterocycles. The van der Waals surface area contributed by atoms with Crippen LogP contribution in [0.25, 0.3) is 0 Å². The van der Waals surface area contributed by atoms with Crippen LogP contribution in [0.15, 0.2) is 18.2 Å². The number of fused-ring (bicyclic) bond motifs is 1. The van der Waals surface area contributed by atoms with Gasteiger partial charge in [-0.1, -0.05) is 29.3 Å². The molecule has 3 fully saturated rings. The first-order valence-corrected chi connectivity index (χ1v) is 14.8. The van der Waals surface area contributed by atoms with E-state index < -0.39 is 11.4 Å². The first-order valence-electron chi connectivity index (χ1n) is 14.0. The van der Waals surface area contributed by atoms with Crippen molar-refractivity contribution in [2.45, 2.75) is 70.9 Å². The number of hydrogen-bond donors (Lipinski definition) is 2. The van der Waals surface area contributed by atoms with E-state index in [0.717, 1.165) is 75.6 Å². The summed E-state index contributed by atoms with van der Waals surface area (Å²) in [6.45, 7) is 8.18. The van der Waals surface area contributed by atoms with Crippen molar-refractivity contribution >= 4 is 40.9 Å². The summed E-state index contributed by atoms with van der Waals surface area (Å²) in [4.78, 5) is 26.4. The Bertz CT molecular complexity index is 1230. The van der Waals surface area contributed by atoms with E-state index in [1.165, 1.54) is 24.1 Å². The van der Waals surface area contributed by atoms with E-state index in [-0.39, 0.29) is 6.04 Å². The van der Waals surface area contributed by atoms with Crippen LogP contribution in [0, 0.1) is 17.3 Å². The van der Waals surface area contributed by atoms with Crippen molar-refractivity contribution in [3.63, 3.8) is 0 Å². The maximum atomic E-state index is 11.5. The number of aryl methyl sites for hydroxylation is 1. The number of benzene rings is 1. The lowest BCUT2D eigenvalue weighted by Crippen LogP contribution is -2.58. The number of anilines is 2. The number of nitrogens with zero attached hydrogens (tertiary/aromatic N) is 4. The van der Waals surface area contributed by atoms with Crippen molar-refractivity contribution in [1.29, 1.82) is 0 Å². The Morgan fingerprint density at radius 1 is 1.13 bits per heavy atom. The predicted molar refractivity (Wildman–Crippen MR) is 151 cm³/mol. The molecule has 2 aliphatic carbocycles. The van der Waals surface area contributed by atoms with Gasteiger partial charge in [-0.2, -0.15) is 4.98 Å². The topological polar surface area (TPSA) is 81.6 Å². The standard InChI is InChI=1S/C29H37Cl2N5O2/c1-17(22-9-8-20(30)11-24(22)31)32-26-23-6-3-7-25(23)33-28(34-26)36-15-19(16-36)18-5-4-10-35(14-18)21-12-29(2,13-21)27(37)38/h8-9,11,17-19,21H,3-7,10,12-16H2,1-2H3,(H,37,38)(H,32,33,34). The molecule has 204 valence electrons. The van der Waals surface area contributed by atoms with Gasteiger partial charge in [-0.15, -0.1) is 0 Å². The van der Waals surface area contributed by atoms with Gasteiger partial charge in [0.25, 0.3) is 0 Å². The smallest absolute Gasteiger partial charge is 0.309 e. The van der Waals surface area contributed by atoms with Crippen molar-refractivity contribution in [3.05, 3.63) is 45.1 Å². The first kappa shape index (κ1) is 26.1. The molecule has 7 nitrogen and oxygen atoms in total. The predicted octanol–water partition coefficient (Wildman–Crippen LogP) is 5.85. The molecule has 0 amide bonds. The van der Waals surface area contributed by atoms with E-state index >= 15 is 0 Å².